The highest BCUT2D eigenvalue weighted by atomic mass is 16.5. The number of carbonyl (C=O) groups is 1. The highest BCUT2D eigenvalue weighted by Gasteiger charge is 2.23. The lowest BCUT2D eigenvalue weighted by Crippen LogP contribution is -2.49. The van der Waals surface area contributed by atoms with Gasteiger partial charge in [0.2, 0.25) is 0 Å². The van der Waals surface area contributed by atoms with Gasteiger partial charge in [-0.1, -0.05) is 19.8 Å². The van der Waals surface area contributed by atoms with Gasteiger partial charge in [0.25, 0.3) is 5.91 Å². The molecular weight excluding hydrogens is 416 g/mol. The van der Waals surface area contributed by atoms with Gasteiger partial charge < -0.3 is 19.9 Å². The first-order valence-corrected chi connectivity index (χ1v) is 11.5. The number of unbranched alkanes of at least 4 members (excludes halogenated alkanes) is 2. The molecule has 8 nitrogen and oxygen atoms in total. The van der Waals surface area contributed by atoms with Crippen LogP contribution in [0.5, 0.6) is 5.75 Å². The molecule has 1 N–H and O–H groups in total. The van der Waals surface area contributed by atoms with Gasteiger partial charge in [-0.05, 0) is 55.0 Å². The topological polar surface area (TPSA) is 83.5 Å². The number of pyridine rings is 1. The first-order chi connectivity index (χ1) is 16.2. The molecule has 4 rings (SSSR count). The quantitative estimate of drug-likeness (QED) is 0.495. The molecule has 0 aliphatic carbocycles. The fourth-order valence-electron chi connectivity index (χ4n) is 3.70. The van der Waals surface area contributed by atoms with E-state index in [4.69, 9.17) is 4.74 Å². The molecule has 33 heavy (non-hydrogen) atoms. The minimum Gasteiger partial charge on any atom is -0.494 e. The van der Waals surface area contributed by atoms with Gasteiger partial charge >= 0.3 is 0 Å². The third-order valence-corrected chi connectivity index (χ3v) is 5.59. The Balaban J connectivity index is 1.26. The summed E-state index contributed by atoms with van der Waals surface area (Å²) in [6.45, 7) is 5.61. The molecule has 0 bridgehead atoms. The van der Waals surface area contributed by atoms with Crippen LogP contribution in [0.2, 0.25) is 0 Å². The summed E-state index contributed by atoms with van der Waals surface area (Å²) in [6, 6.07) is 15.1. The zero-order valence-corrected chi connectivity index (χ0v) is 19.0. The van der Waals surface area contributed by atoms with E-state index in [1.165, 1.54) is 12.8 Å². The molecule has 8 heteroatoms. The van der Waals surface area contributed by atoms with Crippen molar-refractivity contribution >= 4 is 23.2 Å². The van der Waals surface area contributed by atoms with E-state index < -0.39 is 0 Å². The number of carbonyl (C=O) groups excluding carboxylic acids is 1. The zero-order valence-electron chi connectivity index (χ0n) is 19.0. The molecule has 0 saturated carbocycles. The molecule has 0 spiro atoms. The molecule has 1 aromatic carbocycles. The first-order valence-electron chi connectivity index (χ1n) is 11.5. The largest absolute Gasteiger partial charge is 0.494 e. The Kier molecular flexibility index (Phi) is 7.68. The monoisotopic (exact) mass is 446 g/mol. The fourth-order valence-corrected chi connectivity index (χ4v) is 3.70. The number of hydrogen-bond acceptors (Lipinski definition) is 7. The van der Waals surface area contributed by atoms with Gasteiger partial charge in [0.1, 0.15) is 5.75 Å². The van der Waals surface area contributed by atoms with Crippen LogP contribution < -0.4 is 15.0 Å². The Morgan fingerprint density at radius 3 is 2.48 bits per heavy atom. The molecule has 172 valence electrons. The SMILES string of the molecule is CCCCCOc1ccc(C(=O)N2CCN(c3ccc(Nc4cccnc4)nn3)CC2)cc1. The van der Waals surface area contributed by atoms with Crippen molar-refractivity contribution in [1.82, 2.24) is 20.1 Å². The van der Waals surface area contributed by atoms with Gasteiger partial charge in [-0.25, -0.2) is 0 Å². The summed E-state index contributed by atoms with van der Waals surface area (Å²) in [5.74, 6) is 2.34. The number of anilines is 3. The average Bonchev–Trinajstić information content (AvgIpc) is 2.88. The molecule has 1 amide bonds. The number of benzene rings is 1. The van der Waals surface area contributed by atoms with Crippen LogP contribution in [-0.2, 0) is 0 Å². The third kappa shape index (κ3) is 6.19. The molecule has 0 unspecified atom stereocenters. The molecule has 1 fully saturated rings. The van der Waals surface area contributed by atoms with Crippen LogP contribution in [0.1, 0.15) is 36.5 Å². The van der Waals surface area contributed by atoms with Gasteiger partial charge in [-0.3, -0.25) is 9.78 Å². The average molecular weight is 447 g/mol. The van der Waals surface area contributed by atoms with E-state index in [9.17, 15) is 4.79 Å². The summed E-state index contributed by atoms with van der Waals surface area (Å²) in [5.41, 5.74) is 1.55. The fraction of sp³-hybridized carbons (Fsp3) is 0.360. The number of amides is 1. The lowest BCUT2D eigenvalue weighted by Gasteiger charge is -2.35. The molecule has 0 atom stereocenters. The van der Waals surface area contributed by atoms with Crippen molar-refractivity contribution in [1.29, 1.82) is 0 Å². The number of hydrogen-bond donors (Lipinski definition) is 1. The smallest absolute Gasteiger partial charge is 0.253 e. The minimum absolute atomic E-state index is 0.0503. The zero-order chi connectivity index (χ0) is 22.9. The number of aromatic nitrogens is 3. The van der Waals surface area contributed by atoms with Crippen LogP contribution in [0.25, 0.3) is 0 Å². The van der Waals surface area contributed by atoms with Gasteiger partial charge in [0, 0.05) is 37.9 Å². The van der Waals surface area contributed by atoms with E-state index in [1.807, 2.05) is 53.4 Å². The maximum Gasteiger partial charge on any atom is 0.253 e. The van der Waals surface area contributed by atoms with Crippen molar-refractivity contribution in [2.45, 2.75) is 26.2 Å². The van der Waals surface area contributed by atoms with E-state index in [1.54, 1.807) is 12.4 Å². The van der Waals surface area contributed by atoms with Crippen molar-refractivity contribution in [2.75, 3.05) is 43.0 Å². The Morgan fingerprint density at radius 2 is 1.82 bits per heavy atom. The molecule has 1 aliphatic rings. The second kappa shape index (κ2) is 11.3. The van der Waals surface area contributed by atoms with Crippen LogP contribution in [0.15, 0.2) is 60.9 Å². The third-order valence-electron chi connectivity index (χ3n) is 5.59. The first kappa shape index (κ1) is 22.5. The summed E-state index contributed by atoms with van der Waals surface area (Å²) < 4.78 is 5.74. The summed E-state index contributed by atoms with van der Waals surface area (Å²) in [7, 11) is 0. The minimum atomic E-state index is 0.0503. The van der Waals surface area contributed by atoms with E-state index in [2.05, 4.69) is 32.3 Å². The van der Waals surface area contributed by atoms with Crippen molar-refractivity contribution in [3.05, 3.63) is 66.5 Å². The molecular formula is C25H30N6O2. The normalized spacial score (nSPS) is 13.6. The molecule has 2 aromatic heterocycles. The van der Waals surface area contributed by atoms with E-state index in [-0.39, 0.29) is 5.91 Å². The summed E-state index contributed by atoms with van der Waals surface area (Å²) in [5, 5.41) is 11.8. The van der Waals surface area contributed by atoms with E-state index >= 15 is 0 Å². The Bertz CT molecular complexity index is 1000. The van der Waals surface area contributed by atoms with Gasteiger partial charge in [-0.2, -0.15) is 0 Å². The van der Waals surface area contributed by atoms with E-state index in [0.717, 1.165) is 23.7 Å². The lowest BCUT2D eigenvalue weighted by atomic mass is 10.1. The van der Waals surface area contributed by atoms with Gasteiger partial charge in [-0.15, -0.1) is 10.2 Å². The number of rotatable bonds is 9. The highest BCUT2D eigenvalue weighted by Crippen LogP contribution is 2.19. The molecule has 3 heterocycles. The number of nitrogens with one attached hydrogen (secondary N) is 1. The molecule has 3 aromatic rings. The second-order valence-corrected chi connectivity index (χ2v) is 8.00. The number of nitrogens with zero attached hydrogens (tertiary/aromatic N) is 5. The van der Waals surface area contributed by atoms with E-state index in [0.29, 0.717) is 44.2 Å². The molecule has 1 aliphatic heterocycles. The highest BCUT2D eigenvalue weighted by molar-refractivity contribution is 5.94. The van der Waals surface area contributed by atoms with Crippen LogP contribution in [-0.4, -0.2) is 58.8 Å². The van der Waals surface area contributed by atoms with Crippen molar-refractivity contribution in [3.8, 4) is 5.75 Å². The van der Waals surface area contributed by atoms with Crippen LogP contribution in [0.3, 0.4) is 0 Å². The standard InChI is InChI=1S/C25H30N6O2/c1-2-3-4-18-33-22-9-7-20(8-10-22)25(32)31-16-14-30(15-17-31)24-12-11-23(28-29-24)27-21-6-5-13-26-19-21/h5-13,19H,2-4,14-18H2,1H3,(H,27,28). The Hall–Kier alpha value is -3.68. The summed E-state index contributed by atoms with van der Waals surface area (Å²) in [4.78, 5) is 21.0. The number of piperazine rings is 1. The Labute approximate surface area is 194 Å². The summed E-state index contributed by atoms with van der Waals surface area (Å²) in [6.07, 6.45) is 6.85. The summed E-state index contributed by atoms with van der Waals surface area (Å²) >= 11 is 0. The predicted molar refractivity (Wildman–Crippen MR) is 129 cm³/mol. The maximum atomic E-state index is 12.9. The van der Waals surface area contributed by atoms with Crippen LogP contribution >= 0.6 is 0 Å². The van der Waals surface area contributed by atoms with Gasteiger partial charge in [0.05, 0.1) is 18.5 Å². The molecule has 1 saturated heterocycles. The van der Waals surface area contributed by atoms with Crippen molar-refractivity contribution in [2.24, 2.45) is 0 Å². The van der Waals surface area contributed by atoms with Crippen molar-refractivity contribution in [3.63, 3.8) is 0 Å². The van der Waals surface area contributed by atoms with Crippen molar-refractivity contribution < 1.29 is 9.53 Å². The van der Waals surface area contributed by atoms with Crippen LogP contribution in [0, 0.1) is 0 Å². The second-order valence-electron chi connectivity index (χ2n) is 8.00. The van der Waals surface area contributed by atoms with Gasteiger partial charge in [0.15, 0.2) is 11.6 Å². The number of ether oxygens (including phenoxy) is 1. The lowest BCUT2D eigenvalue weighted by molar-refractivity contribution is 0.0746. The maximum absolute atomic E-state index is 12.9. The predicted octanol–water partition coefficient (Wildman–Crippen LogP) is 4.15. The Morgan fingerprint density at radius 1 is 1.00 bits per heavy atom. The van der Waals surface area contributed by atoms with Crippen LogP contribution in [0.4, 0.5) is 17.3 Å². The molecule has 0 radical (unpaired) electrons.